The molecule has 2 unspecified atom stereocenters. The van der Waals surface area contributed by atoms with Gasteiger partial charge in [-0.2, -0.15) is 0 Å². The van der Waals surface area contributed by atoms with Crippen LogP contribution in [-0.4, -0.2) is 35.6 Å². The van der Waals surface area contributed by atoms with Crippen LogP contribution in [0.5, 0.6) is 0 Å². The maximum atomic E-state index is 13.1. The molecule has 98 valence electrons. The van der Waals surface area contributed by atoms with E-state index in [1.165, 1.54) is 12.1 Å². The van der Waals surface area contributed by atoms with Crippen LogP contribution in [0, 0.1) is 18.7 Å². The van der Waals surface area contributed by atoms with Gasteiger partial charge in [-0.15, -0.1) is 0 Å². The fourth-order valence-electron chi connectivity index (χ4n) is 2.76. The van der Waals surface area contributed by atoms with Crippen LogP contribution in [0.3, 0.4) is 0 Å². The first-order valence-electron chi connectivity index (χ1n) is 6.24. The SMILES string of the molecule is CCN1CC(C(=O)O)C(c2ccc(F)cc2C)C1. The number of likely N-dealkylation sites (N-methyl/N-ethyl adjacent to an activating group) is 1. The molecule has 2 atom stereocenters. The largest absolute Gasteiger partial charge is 0.481 e. The fraction of sp³-hybridized carbons (Fsp3) is 0.500. The van der Waals surface area contributed by atoms with Crippen LogP contribution < -0.4 is 0 Å². The monoisotopic (exact) mass is 251 g/mol. The van der Waals surface area contributed by atoms with Crippen molar-refractivity contribution in [2.24, 2.45) is 5.92 Å². The molecule has 1 aliphatic rings. The number of likely N-dealkylation sites (tertiary alicyclic amines) is 1. The van der Waals surface area contributed by atoms with E-state index in [1.54, 1.807) is 6.07 Å². The molecule has 0 aliphatic carbocycles. The smallest absolute Gasteiger partial charge is 0.308 e. The van der Waals surface area contributed by atoms with E-state index >= 15 is 0 Å². The molecule has 18 heavy (non-hydrogen) atoms. The second-order valence-corrected chi connectivity index (χ2v) is 4.90. The normalized spacial score (nSPS) is 24.4. The van der Waals surface area contributed by atoms with Crippen LogP contribution in [-0.2, 0) is 4.79 Å². The third kappa shape index (κ3) is 2.38. The van der Waals surface area contributed by atoms with E-state index in [-0.39, 0.29) is 11.7 Å². The summed E-state index contributed by atoms with van der Waals surface area (Å²) in [4.78, 5) is 13.5. The summed E-state index contributed by atoms with van der Waals surface area (Å²) < 4.78 is 13.1. The maximum Gasteiger partial charge on any atom is 0.308 e. The number of nitrogens with zero attached hydrogens (tertiary/aromatic N) is 1. The number of rotatable bonds is 3. The van der Waals surface area contributed by atoms with E-state index in [0.717, 1.165) is 24.2 Å². The number of hydrogen-bond donors (Lipinski definition) is 1. The molecule has 0 aromatic heterocycles. The van der Waals surface area contributed by atoms with Gasteiger partial charge in [-0.05, 0) is 36.7 Å². The molecule has 0 amide bonds. The van der Waals surface area contributed by atoms with Gasteiger partial charge in [-0.1, -0.05) is 13.0 Å². The Morgan fingerprint density at radius 3 is 2.78 bits per heavy atom. The maximum absolute atomic E-state index is 13.1. The third-order valence-corrected chi connectivity index (χ3v) is 3.79. The first kappa shape index (κ1) is 13.0. The lowest BCUT2D eigenvalue weighted by molar-refractivity contribution is -0.141. The molecule has 3 nitrogen and oxygen atoms in total. The molecule has 1 aliphatic heterocycles. The molecule has 1 heterocycles. The molecule has 1 aromatic carbocycles. The van der Waals surface area contributed by atoms with Gasteiger partial charge in [0.1, 0.15) is 5.82 Å². The van der Waals surface area contributed by atoms with Crippen LogP contribution in [0.2, 0.25) is 0 Å². The van der Waals surface area contributed by atoms with Crippen LogP contribution in [0.4, 0.5) is 4.39 Å². The third-order valence-electron chi connectivity index (χ3n) is 3.79. The lowest BCUT2D eigenvalue weighted by Gasteiger charge is -2.17. The summed E-state index contributed by atoms with van der Waals surface area (Å²) in [6.45, 7) is 6.03. The number of benzene rings is 1. The van der Waals surface area contributed by atoms with Crippen molar-refractivity contribution in [3.63, 3.8) is 0 Å². The minimum absolute atomic E-state index is 0.0388. The standard InChI is InChI=1S/C14H18FNO2/c1-3-16-7-12(13(8-16)14(17)18)11-5-4-10(15)6-9(11)2/h4-6,12-13H,3,7-8H2,1-2H3,(H,17,18). The van der Waals surface area contributed by atoms with Gasteiger partial charge in [-0.25, -0.2) is 4.39 Å². The van der Waals surface area contributed by atoms with E-state index in [1.807, 2.05) is 13.8 Å². The number of carbonyl (C=O) groups is 1. The lowest BCUT2D eigenvalue weighted by Crippen LogP contribution is -2.23. The second kappa shape index (κ2) is 5.06. The van der Waals surface area contributed by atoms with E-state index < -0.39 is 11.9 Å². The molecule has 0 bridgehead atoms. The van der Waals surface area contributed by atoms with Gasteiger partial charge in [0.2, 0.25) is 0 Å². The van der Waals surface area contributed by atoms with Crippen LogP contribution in [0.1, 0.15) is 24.0 Å². The first-order valence-corrected chi connectivity index (χ1v) is 6.24. The van der Waals surface area contributed by atoms with Crippen LogP contribution in [0.15, 0.2) is 18.2 Å². The summed E-state index contributed by atoms with van der Waals surface area (Å²) in [7, 11) is 0. The summed E-state index contributed by atoms with van der Waals surface area (Å²) >= 11 is 0. The highest BCUT2D eigenvalue weighted by atomic mass is 19.1. The first-order chi connectivity index (χ1) is 8.52. The van der Waals surface area contributed by atoms with Gasteiger partial charge < -0.3 is 10.0 Å². The molecule has 0 spiro atoms. The molecule has 2 rings (SSSR count). The van der Waals surface area contributed by atoms with Crippen molar-refractivity contribution >= 4 is 5.97 Å². The number of aliphatic carboxylic acids is 1. The Morgan fingerprint density at radius 2 is 2.22 bits per heavy atom. The van der Waals surface area contributed by atoms with Crippen LogP contribution >= 0.6 is 0 Å². The highest BCUT2D eigenvalue weighted by molar-refractivity contribution is 5.72. The molecular weight excluding hydrogens is 233 g/mol. The number of carboxylic acids is 1. The Balaban J connectivity index is 2.32. The van der Waals surface area contributed by atoms with E-state index in [9.17, 15) is 14.3 Å². The Kier molecular flexibility index (Phi) is 3.66. The zero-order valence-electron chi connectivity index (χ0n) is 10.7. The minimum atomic E-state index is -0.764. The molecular formula is C14H18FNO2. The van der Waals surface area contributed by atoms with Gasteiger partial charge in [-0.3, -0.25) is 4.79 Å². The van der Waals surface area contributed by atoms with Crippen LogP contribution in [0.25, 0.3) is 0 Å². The number of halogens is 1. The molecule has 1 fully saturated rings. The predicted octanol–water partition coefficient (Wildman–Crippen LogP) is 2.25. The summed E-state index contributed by atoms with van der Waals surface area (Å²) in [6.07, 6.45) is 0. The number of aryl methyl sites for hydroxylation is 1. The molecule has 0 radical (unpaired) electrons. The van der Waals surface area contributed by atoms with Gasteiger partial charge in [0.25, 0.3) is 0 Å². The van der Waals surface area contributed by atoms with E-state index in [2.05, 4.69) is 4.90 Å². The molecule has 1 aromatic rings. The van der Waals surface area contributed by atoms with Crippen molar-refractivity contribution in [3.05, 3.63) is 35.1 Å². The quantitative estimate of drug-likeness (QED) is 0.895. The van der Waals surface area contributed by atoms with Crippen molar-refractivity contribution in [2.75, 3.05) is 19.6 Å². The Bertz CT molecular complexity index is 461. The Labute approximate surface area is 106 Å². The van der Waals surface area contributed by atoms with Crippen molar-refractivity contribution in [3.8, 4) is 0 Å². The van der Waals surface area contributed by atoms with Gasteiger partial charge in [0.05, 0.1) is 5.92 Å². The molecule has 1 saturated heterocycles. The molecule has 0 saturated carbocycles. The highest BCUT2D eigenvalue weighted by Gasteiger charge is 2.38. The summed E-state index contributed by atoms with van der Waals surface area (Å²) in [6, 6.07) is 4.61. The van der Waals surface area contributed by atoms with Crippen molar-refractivity contribution in [1.29, 1.82) is 0 Å². The van der Waals surface area contributed by atoms with Gasteiger partial charge in [0, 0.05) is 19.0 Å². The van der Waals surface area contributed by atoms with Crippen molar-refractivity contribution in [2.45, 2.75) is 19.8 Å². The molecule has 1 N–H and O–H groups in total. The Morgan fingerprint density at radius 1 is 1.50 bits per heavy atom. The zero-order valence-corrected chi connectivity index (χ0v) is 10.7. The zero-order chi connectivity index (χ0) is 13.3. The summed E-state index contributed by atoms with van der Waals surface area (Å²) in [5, 5.41) is 9.30. The average molecular weight is 251 g/mol. The molecule has 4 heteroatoms. The minimum Gasteiger partial charge on any atom is -0.481 e. The second-order valence-electron chi connectivity index (χ2n) is 4.90. The highest BCUT2D eigenvalue weighted by Crippen LogP contribution is 2.34. The predicted molar refractivity (Wildman–Crippen MR) is 67.1 cm³/mol. The van der Waals surface area contributed by atoms with Crippen molar-refractivity contribution in [1.82, 2.24) is 4.90 Å². The van der Waals surface area contributed by atoms with Crippen molar-refractivity contribution < 1.29 is 14.3 Å². The summed E-state index contributed by atoms with van der Waals surface area (Å²) in [5.41, 5.74) is 1.80. The van der Waals surface area contributed by atoms with E-state index in [4.69, 9.17) is 0 Å². The van der Waals surface area contributed by atoms with E-state index in [0.29, 0.717) is 6.54 Å². The summed E-state index contributed by atoms with van der Waals surface area (Å²) in [5.74, 6) is -1.47. The average Bonchev–Trinajstić information content (AvgIpc) is 2.73. The number of carboxylic acid groups (broad SMARTS) is 1. The van der Waals surface area contributed by atoms with Gasteiger partial charge in [0.15, 0.2) is 0 Å². The number of hydrogen-bond acceptors (Lipinski definition) is 2. The lowest BCUT2D eigenvalue weighted by atomic mass is 9.86. The fourth-order valence-corrected chi connectivity index (χ4v) is 2.76. The Hall–Kier alpha value is -1.42. The topological polar surface area (TPSA) is 40.5 Å². The van der Waals surface area contributed by atoms with Gasteiger partial charge >= 0.3 is 5.97 Å².